The van der Waals surface area contributed by atoms with Crippen molar-refractivity contribution in [1.29, 1.82) is 0 Å². The number of amides is 1. The van der Waals surface area contributed by atoms with E-state index in [1.807, 2.05) is 55.3 Å². The minimum atomic E-state index is -0.716. The zero-order chi connectivity index (χ0) is 25.6. The molecule has 1 saturated carbocycles. The van der Waals surface area contributed by atoms with E-state index >= 15 is 0 Å². The third kappa shape index (κ3) is 4.17. The number of imidazole rings is 1. The predicted octanol–water partition coefficient (Wildman–Crippen LogP) is 6.18. The maximum absolute atomic E-state index is 12.6. The number of nitrogens with zero attached hydrogens (tertiary/aromatic N) is 4. The van der Waals surface area contributed by atoms with E-state index in [0.29, 0.717) is 17.9 Å². The lowest BCUT2D eigenvalue weighted by Gasteiger charge is -2.34. The molecule has 3 aromatic rings. The molecule has 0 saturated heterocycles. The maximum atomic E-state index is 12.6. The van der Waals surface area contributed by atoms with Crippen molar-refractivity contribution >= 4 is 52.0 Å². The fourth-order valence-corrected chi connectivity index (χ4v) is 5.92. The monoisotopic (exact) mass is 510 g/mol. The van der Waals surface area contributed by atoms with Crippen molar-refractivity contribution in [2.24, 2.45) is 5.92 Å². The van der Waals surface area contributed by atoms with Gasteiger partial charge in [-0.1, -0.05) is 17.7 Å². The van der Waals surface area contributed by atoms with Gasteiger partial charge < -0.3 is 19.3 Å². The van der Waals surface area contributed by atoms with Crippen LogP contribution in [0.2, 0.25) is 5.02 Å². The standard InChI is InChI=1S/C27H31ClN4O4/c1-16-7-12-21-22(31(16)27(35)36-3)13-14-23-24(21)29-26(30(2)20-6-4-5-18(28)15-20)32(23)19-10-8-17(9-11-19)25(33)34/h4-6,13-17,19H,7-12H2,1-3H3,(H,33,34)/t16-,17-,19-/m0/s1. The summed E-state index contributed by atoms with van der Waals surface area (Å²) >= 11 is 6.30. The maximum Gasteiger partial charge on any atom is 0.414 e. The van der Waals surface area contributed by atoms with Crippen LogP contribution < -0.4 is 9.80 Å². The summed E-state index contributed by atoms with van der Waals surface area (Å²) in [6, 6.07) is 11.8. The van der Waals surface area contributed by atoms with Gasteiger partial charge in [0, 0.05) is 35.4 Å². The number of carboxylic acid groups (broad SMARTS) is 1. The lowest BCUT2D eigenvalue weighted by atomic mass is 9.86. The van der Waals surface area contributed by atoms with Crippen LogP contribution in [0.15, 0.2) is 36.4 Å². The van der Waals surface area contributed by atoms with Crippen molar-refractivity contribution in [3.05, 3.63) is 47.0 Å². The van der Waals surface area contributed by atoms with Crippen LogP contribution in [-0.2, 0) is 16.0 Å². The number of carbonyl (C=O) groups excluding carboxylic acids is 1. The molecule has 0 radical (unpaired) electrons. The molecule has 8 nitrogen and oxygen atoms in total. The Bertz CT molecular complexity index is 1310. The van der Waals surface area contributed by atoms with Gasteiger partial charge in [-0.05, 0) is 75.8 Å². The van der Waals surface area contributed by atoms with Crippen LogP contribution in [-0.4, -0.2) is 46.9 Å². The van der Waals surface area contributed by atoms with Crippen LogP contribution >= 0.6 is 11.6 Å². The Hall–Kier alpha value is -3.26. The highest BCUT2D eigenvalue weighted by Crippen LogP contribution is 2.43. The number of hydrogen-bond donors (Lipinski definition) is 1. The molecule has 0 unspecified atom stereocenters. The molecule has 190 valence electrons. The van der Waals surface area contributed by atoms with Gasteiger partial charge in [-0.25, -0.2) is 9.78 Å². The van der Waals surface area contributed by atoms with E-state index in [2.05, 4.69) is 4.57 Å². The van der Waals surface area contributed by atoms with Crippen molar-refractivity contribution < 1.29 is 19.4 Å². The van der Waals surface area contributed by atoms with Crippen molar-refractivity contribution in [3.63, 3.8) is 0 Å². The molecule has 2 heterocycles. The average molecular weight is 511 g/mol. The first kappa shape index (κ1) is 24.4. The van der Waals surface area contributed by atoms with Gasteiger partial charge in [-0.3, -0.25) is 9.69 Å². The highest BCUT2D eigenvalue weighted by atomic mass is 35.5. The Morgan fingerprint density at radius 3 is 2.56 bits per heavy atom. The van der Waals surface area contributed by atoms with E-state index in [9.17, 15) is 14.7 Å². The Balaban J connectivity index is 1.66. The summed E-state index contributed by atoms with van der Waals surface area (Å²) in [5, 5.41) is 10.1. The number of ether oxygens (including phenoxy) is 1. The third-order valence-electron chi connectivity index (χ3n) is 7.71. The molecular weight excluding hydrogens is 480 g/mol. The zero-order valence-corrected chi connectivity index (χ0v) is 21.5. The van der Waals surface area contributed by atoms with E-state index in [-0.39, 0.29) is 24.1 Å². The summed E-state index contributed by atoms with van der Waals surface area (Å²) in [5.74, 6) is -0.234. The lowest BCUT2D eigenvalue weighted by Crippen LogP contribution is -2.42. The van der Waals surface area contributed by atoms with E-state index in [4.69, 9.17) is 21.3 Å². The minimum Gasteiger partial charge on any atom is -0.481 e. The number of anilines is 3. The van der Waals surface area contributed by atoms with Crippen molar-refractivity contribution in [1.82, 2.24) is 9.55 Å². The molecule has 36 heavy (non-hydrogen) atoms. The molecular formula is C27H31ClN4O4. The average Bonchev–Trinajstić information content (AvgIpc) is 3.27. The fourth-order valence-electron chi connectivity index (χ4n) is 5.74. The van der Waals surface area contributed by atoms with Crippen molar-refractivity contribution in [2.75, 3.05) is 24.0 Å². The van der Waals surface area contributed by atoms with Crippen LogP contribution in [0.3, 0.4) is 0 Å². The molecule has 1 aliphatic heterocycles. The van der Waals surface area contributed by atoms with Gasteiger partial charge in [0.2, 0.25) is 5.95 Å². The summed E-state index contributed by atoms with van der Waals surface area (Å²) in [6.45, 7) is 2.03. The van der Waals surface area contributed by atoms with Crippen LogP contribution in [0, 0.1) is 5.92 Å². The molecule has 1 aromatic heterocycles. The highest BCUT2D eigenvalue weighted by molar-refractivity contribution is 6.30. The van der Waals surface area contributed by atoms with Crippen LogP contribution in [0.5, 0.6) is 0 Å². The molecule has 0 spiro atoms. The third-order valence-corrected chi connectivity index (χ3v) is 7.95. The van der Waals surface area contributed by atoms with E-state index in [0.717, 1.165) is 59.6 Å². The van der Waals surface area contributed by atoms with Crippen molar-refractivity contribution in [3.8, 4) is 0 Å². The SMILES string of the molecule is COC(=O)N1c2ccc3c(nc(N(C)c4cccc(Cl)c4)n3[C@H]3CC[C@H](C(=O)O)CC3)c2CC[C@@H]1C. The number of fused-ring (bicyclic) bond motifs is 3. The summed E-state index contributed by atoms with van der Waals surface area (Å²) in [6.07, 6.45) is 4.06. The van der Waals surface area contributed by atoms with Gasteiger partial charge in [0.25, 0.3) is 0 Å². The lowest BCUT2D eigenvalue weighted by molar-refractivity contribution is -0.143. The molecule has 1 aliphatic carbocycles. The smallest absolute Gasteiger partial charge is 0.414 e. The van der Waals surface area contributed by atoms with Gasteiger partial charge in [0.15, 0.2) is 0 Å². The molecule has 5 rings (SSSR count). The number of halogens is 1. The Morgan fingerprint density at radius 2 is 1.89 bits per heavy atom. The number of rotatable bonds is 4. The number of hydrogen-bond acceptors (Lipinski definition) is 5. The summed E-state index contributed by atoms with van der Waals surface area (Å²) < 4.78 is 7.34. The molecule has 2 aromatic carbocycles. The second kappa shape index (κ2) is 9.65. The second-order valence-electron chi connectivity index (χ2n) is 9.82. The molecule has 1 amide bonds. The fraction of sp³-hybridized carbons (Fsp3) is 0.444. The van der Waals surface area contributed by atoms with E-state index in [1.165, 1.54) is 7.11 Å². The number of aromatic nitrogens is 2. The zero-order valence-electron chi connectivity index (χ0n) is 20.8. The topological polar surface area (TPSA) is 87.9 Å². The van der Waals surface area contributed by atoms with Gasteiger partial charge in [0.05, 0.1) is 29.7 Å². The van der Waals surface area contributed by atoms with Crippen LogP contribution in [0.4, 0.5) is 22.1 Å². The number of carboxylic acids is 1. The largest absolute Gasteiger partial charge is 0.481 e. The van der Waals surface area contributed by atoms with Gasteiger partial charge >= 0.3 is 12.1 Å². The van der Waals surface area contributed by atoms with Gasteiger partial charge in [0.1, 0.15) is 0 Å². The van der Waals surface area contributed by atoms with Crippen molar-refractivity contribution in [2.45, 2.75) is 57.5 Å². The molecule has 1 N–H and O–H groups in total. The number of aliphatic carboxylic acids is 1. The Kier molecular flexibility index (Phi) is 6.55. The predicted molar refractivity (Wildman–Crippen MR) is 141 cm³/mol. The Morgan fingerprint density at radius 1 is 1.14 bits per heavy atom. The minimum absolute atomic E-state index is 0.0318. The molecule has 1 fully saturated rings. The molecule has 2 aliphatic rings. The van der Waals surface area contributed by atoms with Crippen LogP contribution in [0.25, 0.3) is 11.0 Å². The first-order valence-corrected chi connectivity index (χ1v) is 12.8. The summed E-state index contributed by atoms with van der Waals surface area (Å²) in [5.41, 5.74) is 4.66. The van der Waals surface area contributed by atoms with Gasteiger partial charge in [-0.2, -0.15) is 0 Å². The second-order valence-corrected chi connectivity index (χ2v) is 10.3. The number of aryl methyl sites for hydroxylation is 1. The summed E-state index contributed by atoms with van der Waals surface area (Å²) in [7, 11) is 3.38. The highest BCUT2D eigenvalue weighted by Gasteiger charge is 2.34. The summed E-state index contributed by atoms with van der Waals surface area (Å²) in [4.78, 5) is 33.1. The molecule has 1 atom stereocenters. The first-order chi connectivity index (χ1) is 17.3. The van der Waals surface area contributed by atoms with Crippen LogP contribution in [0.1, 0.15) is 50.6 Å². The number of benzene rings is 2. The Labute approximate surface area is 215 Å². The number of carbonyl (C=O) groups is 2. The number of methoxy groups -OCH3 is 1. The first-order valence-electron chi connectivity index (χ1n) is 12.4. The quantitative estimate of drug-likeness (QED) is 0.451. The normalized spacial score (nSPS) is 21.8. The molecule has 0 bridgehead atoms. The van der Waals surface area contributed by atoms with Gasteiger partial charge in [-0.15, -0.1) is 0 Å². The molecule has 9 heteroatoms. The van der Waals surface area contributed by atoms with E-state index < -0.39 is 5.97 Å². The van der Waals surface area contributed by atoms with E-state index in [1.54, 1.807) is 4.90 Å².